The van der Waals surface area contributed by atoms with Gasteiger partial charge in [-0.3, -0.25) is 4.90 Å². The van der Waals surface area contributed by atoms with Gasteiger partial charge >= 0.3 is 11.9 Å². The molecule has 0 amide bonds. The first-order valence-corrected chi connectivity index (χ1v) is 10.6. The van der Waals surface area contributed by atoms with E-state index in [2.05, 4.69) is 5.32 Å². The molecular formula is C23H23ClN2O5S. The van der Waals surface area contributed by atoms with E-state index in [0.717, 1.165) is 5.69 Å². The molecule has 1 aliphatic rings. The van der Waals surface area contributed by atoms with Crippen LogP contribution in [0.2, 0.25) is 5.02 Å². The van der Waals surface area contributed by atoms with Gasteiger partial charge in [0, 0.05) is 23.5 Å². The molecule has 0 spiro atoms. The summed E-state index contributed by atoms with van der Waals surface area (Å²) in [6.07, 6.45) is 0. The van der Waals surface area contributed by atoms with E-state index >= 15 is 0 Å². The van der Waals surface area contributed by atoms with Crippen LogP contribution in [0.3, 0.4) is 0 Å². The van der Waals surface area contributed by atoms with Gasteiger partial charge in [0.05, 0.1) is 30.9 Å². The van der Waals surface area contributed by atoms with Crippen LogP contribution in [0.5, 0.6) is 0 Å². The molecule has 1 heterocycles. The van der Waals surface area contributed by atoms with Crippen LogP contribution in [0.4, 0.5) is 5.69 Å². The number of ether oxygens (including phenoxy) is 3. The Morgan fingerprint density at radius 1 is 1.06 bits per heavy atom. The molecule has 0 fully saturated rings. The summed E-state index contributed by atoms with van der Waals surface area (Å²) < 4.78 is 15.4. The number of benzene rings is 2. The molecule has 1 N–H and O–H groups in total. The minimum absolute atomic E-state index is 0.0862. The van der Waals surface area contributed by atoms with Gasteiger partial charge in [0.15, 0.2) is 5.11 Å². The summed E-state index contributed by atoms with van der Waals surface area (Å²) in [4.78, 5) is 27.3. The van der Waals surface area contributed by atoms with Gasteiger partial charge in [-0.1, -0.05) is 29.8 Å². The van der Waals surface area contributed by atoms with Gasteiger partial charge in [-0.2, -0.15) is 0 Å². The third kappa shape index (κ3) is 4.93. The largest absolute Gasteiger partial charge is 0.465 e. The van der Waals surface area contributed by atoms with Crippen molar-refractivity contribution in [1.29, 1.82) is 0 Å². The number of rotatable bonds is 7. The molecule has 0 saturated heterocycles. The lowest BCUT2D eigenvalue weighted by molar-refractivity contribution is -0.140. The molecule has 7 nitrogen and oxygen atoms in total. The average Bonchev–Trinajstić information content (AvgIpc) is 2.79. The maximum atomic E-state index is 13.2. The molecule has 0 saturated carbocycles. The monoisotopic (exact) mass is 474 g/mol. The summed E-state index contributed by atoms with van der Waals surface area (Å²) in [6, 6.07) is 13.3. The predicted octanol–water partition coefficient (Wildman–Crippen LogP) is 4.03. The molecule has 0 aliphatic carbocycles. The van der Waals surface area contributed by atoms with Crippen LogP contribution in [0, 0.1) is 0 Å². The molecular weight excluding hydrogens is 452 g/mol. The van der Waals surface area contributed by atoms with Crippen LogP contribution < -0.4 is 10.2 Å². The van der Waals surface area contributed by atoms with Crippen LogP contribution in [-0.2, 0) is 19.0 Å². The molecule has 2 aromatic rings. The lowest BCUT2D eigenvalue weighted by atomic mass is 9.91. The third-order valence-corrected chi connectivity index (χ3v) is 5.54. The molecule has 0 radical (unpaired) electrons. The Kier molecular flexibility index (Phi) is 7.84. The highest BCUT2D eigenvalue weighted by molar-refractivity contribution is 7.80. The Bertz CT molecular complexity index is 1050. The number of anilines is 1. The minimum Gasteiger partial charge on any atom is -0.465 e. The zero-order valence-corrected chi connectivity index (χ0v) is 19.5. The zero-order chi connectivity index (χ0) is 23.3. The number of hydrogen-bond acceptors (Lipinski definition) is 6. The van der Waals surface area contributed by atoms with E-state index in [4.69, 9.17) is 38.0 Å². The summed E-state index contributed by atoms with van der Waals surface area (Å²) in [5.74, 6) is -1.06. The fraction of sp³-hybridized carbons (Fsp3) is 0.261. The summed E-state index contributed by atoms with van der Waals surface area (Å²) in [7, 11) is 2.83. The first-order chi connectivity index (χ1) is 15.4. The topological polar surface area (TPSA) is 77.1 Å². The molecule has 32 heavy (non-hydrogen) atoms. The van der Waals surface area contributed by atoms with E-state index in [-0.39, 0.29) is 13.2 Å². The maximum Gasteiger partial charge on any atom is 0.338 e. The van der Waals surface area contributed by atoms with Crippen molar-refractivity contribution >= 4 is 46.6 Å². The van der Waals surface area contributed by atoms with E-state index in [1.165, 1.54) is 14.2 Å². The van der Waals surface area contributed by atoms with Gasteiger partial charge in [-0.05, 0) is 55.0 Å². The number of esters is 2. The van der Waals surface area contributed by atoms with Crippen molar-refractivity contribution in [2.24, 2.45) is 0 Å². The second-order valence-corrected chi connectivity index (χ2v) is 7.72. The molecule has 1 atom stereocenters. The summed E-state index contributed by atoms with van der Waals surface area (Å²) in [6.45, 7) is 2.12. The van der Waals surface area contributed by atoms with Crippen LogP contribution in [0.15, 0.2) is 59.8 Å². The van der Waals surface area contributed by atoms with Crippen molar-refractivity contribution in [3.05, 3.63) is 76.0 Å². The fourth-order valence-electron chi connectivity index (χ4n) is 3.48. The number of halogens is 1. The van der Waals surface area contributed by atoms with E-state index < -0.39 is 18.0 Å². The van der Waals surface area contributed by atoms with Crippen molar-refractivity contribution in [1.82, 2.24) is 5.32 Å². The van der Waals surface area contributed by atoms with Gasteiger partial charge in [-0.25, -0.2) is 9.59 Å². The molecule has 1 aliphatic heterocycles. The van der Waals surface area contributed by atoms with Crippen molar-refractivity contribution in [2.75, 3.05) is 32.3 Å². The first kappa shape index (κ1) is 23.7. The Labute approximate surface area is 196 Å². The summed E-state index contributed by atoms with van der Waals surface area (Å²) >= 11 is 11.7. The molecule has 0 bridgehead atoms. The van der Waals surface area contributed by atoms with E-state index in [9.17, 15) is 9.59 Å². The van der Waals surface area contributed by atoms with Gasteiger partial charge in [0.25, 0.3) is 0 Å². The second kappa shape index (κ2) is 10.6. The van der Waals surface area contributed by atoms with Gasteiger partial charge in [0.1, 0.15) is 6.61 Å². The van der Waals surface area contributed by atoms with Crippen LogP contribution in [0.25, 0.3) is 0 Å². The number of hydrogen-bond donors (Lipinski definition) is 1. The Hall–Kier alpha value is -2.94. The van der Waals surface area contributed by atoms with Crippen molar-refractivity contribution in [3.8, 4) is 0 Å². The standard InChI is InChI=1S/C23H23ClN2O5S/c1-14-19(22(28)31-13-12-29-2)20(17-6-4-5-7-18(17)21(27)30-3)25-23(32)26(14)16-10-8-15(24)9-11-16/h4-11,20H,12-13H2,1-3H3,(H,25,32). The minimum atomic E-state index is -0.712. The average molecular weight is 475 g/mol. The number of nitrogens with zero attached hydrogens (tertiary/aromatic N) is 1. The third-order valence-electron chi connectivity index (χ3n) is 4.99. The number of thiocarbonyl (C=S) groups is 1. The number of carbonyl (C=O) groups excluding carboxylic acids is 2. The first-order valence-electron chi connectivity index (χ1n) is 9.79. The quantitative estimate of drug-likeness (QED) is 0.366. The normalized spacial score (nSPS) is 15.9. The molecule has 168 valence electrons. The van der Waals surface area contributed by atoms with E-state index in [0.29, 0.717) is 32.5 Å². The summed E-state index contributed by atoms with van der Waals surface area (Å²) in [5, 5.41) is 4.14. The van der Waals surface area contributed by atoms with Gasteiger partial charge in [-0.15, -0.1) is 0 Å². The van der Waals surface area contributed by atoms with Crippen molar-refractivity contribution < 1.29 is 23.8 Å². The Morgan fingerprint density at radius 3 is 2.41 bits per heavy atom. The number of nitrogens with one attached hydrogen (secondary N) is 1. The van der Waals surface area contributed by atoms with Gasteiger partial charge in [0.2, 0.25) is 0 Å². The maximum absolute atomic E-state index is 13.2. The highest BCUT2D eigenvalue weighted by atomic mass is 35.5. The van der Waals surface area contributed by atoms with E-state index in [1.54, 1.807) is 60.4 Å². The summed E-state index contributed by atoms with van der Waals surface area (Å²) in [5.41, 5.74) is 2.50. The highest BCUT2D eigenvalue weighted by Crippen LogP contribution is 2.36. The number of allylic oxidation sites excluding steroid dienone is 1. The van der Waals surface area contributed by atoms with Crippen LogP contribution in [0.1, 0.15) is 28.9 Å². The lowest BCUT2D eigenvalue weighted by Crippen LogP contribution is -2.48. The smallest absolute Gasteiger partial charge is 0.338 e. The number of methoxy groups -OCH3 is 2. The molecule has 2 aromatic carbocycles. The SMILES string of the molecule is COCCOC(=O)C1=C(C)N(c2ccc(Cl)cc2)C(=S)NC1c1ccccc1C(=O)OC. The number of carbonyl (C=O) groups is 2. The Balaban J connectivity index is 2.13. The molecule has 1 unspecified atom stereocenters. The highest BCUT2D eigenvalue weighted by Gasteiger charge is 2.37. The zero-order valence-electron chi connectivity index (χ0n) is 17.9. The molecule has 0 aromatic heterocycles. The van der Waals surface area contributed by atoms with Crippen LogP contribution in [-0.4, -0.2) is 44.5 Å². The Morgan fingerprint density at radius 2 is 1.75 bits per heavy atom. The molecule has 9 heteroatoms. The van der Waals surface area contributed by atoms with Crippen LogP contribution >= 0.6 is 23.8 Å². The van der Waals surface area contributed by atoms with Crippen molar-refractivity contribution in [2.45, 2.75) is 13.0 Å². The second-order valence-electron chi connectivity index (χ2n) is 6.90. The predicted molar refractivity (Wildman–Crippen MR) is 126 cm³/mol. The van der Waals surface area contributed by atoms with E-state index in [1.807, 2.05) is 0 Å². The van der Waals surface area contributed by atoms with Crippen molar-refractivity contribution in [3.63, 3.8) is 0 Å². The molecule has 3 rings (SSSR count). The van der Waals surface area contributed by atoms with Gasteiger partial charge < -0.3 is 19.5 Å². The fourth-order valence-corrected chi connectivity index (χ4v) is 3.97. The lowest BCUT2D eigenvalue weighted by Gasteiger charge is -2.38.